The first-order valence-corrected chi connectivity index (χ1v) is 12.0. The first-order chi connectivity index (χ1) is 17.4. The third-order valence-electron chi connectivity index (χ3n) is 7.32. The number of benzene rings is 5. The van der Waals surface area contributed by atoms with E-state index in [4.69, 9.17) is 4.98 Å². The molecular formula is C33H20N2. The SMILES string of the molecule is c1cc(-c2cc3c4c(cccc4n2)-c2ccccc2-3)cc(-n2c3ccccc3c3ccccc32)c1. The van der Waals surface area contributed by atoms with Crippen LogP contribution in [0.5, 0.6) is 0 Å². The van der Waals surface area contributed by atoms with Crippen LogP contribution in [0.15, 0.2) is 121 Å². The molecule has 2 heteroatoms. The molecule has 8 rings (SSSR count). The number of hydrogen-bond donors (Lipinski definition) is 0. The van der Waals surface area contributed by atoms with Gasteiger partial charge in [0.2, 0.25) is 0 Å². The Balaban J connectivity index is 1.37. The summed E-state index contributed by atoms with van der Waals surface area (Å²) in [5.41, 5.74) is 11.9. The normalized spacial score (nSPS) is 12.0. The summed E-state index contributed by atoms with van der Waals surface area (Å²) in [6.07, 6.45) is 0. The molecule has 1 aliphatic rings. The van der Waals surface area contributed by atoms with Gasteiger partial charge in [0.1, 0.15) is 0 Å². The van der Waals surface area contributed by atoms with Crippen molar-refractivity contribution >= 4 is 32.7 Å². The maximum atomic E-state index is 5.13. The van der Waals surface area contributed by atoms with Crippen LogP contribution >= 0.6 is 0 Å². The molecular weight excluding hydrogens is 424 g/mol. The number of pyridine rings is 1. The maximum Gasteiger partial charge on any atom is 0.0722 e. The molecule has 0 aliphatic heterocycles. The Hall–Kier alpha value is -4.69. The molecule has 1 aliphatic carbocycles. The van der Waals surface area contributed by atoms with Gasteiger partial charge in [-0.3, -0.25) is 0 Å². The van der Waals surface area contributed by atoms with Crippen LogP contribution in [0.3, 0.4) is 0 Å². The smallest absolute Gasteiger partial charge is 0.0722 e. The van der Waals surface area contributed by atoms with Gasteiger partial charge in [0.25, 0.3) is 0 Å². The first-order valence-electron chi connectivity index (χ1n) is 12.0. The number of fused-ring (bicyclic) bond motifs is 6. The summed E-state index contributed by atoms with van der Waals surface area (Å²) in [6, 6.07) is 43.5. The molecule has 0 spiro atoms. The number of rotatable bonds is 2. The van der Waals surface area contributed by atoms with Gasteiger partial charge < -0.3 is 4.57 Å². The van der Waals surface area contributed by atoms with Crippen molar-refractivity contribution in [2.24, 2.45) is 0 Å². The largest absolute Gasteiger partial charge is 0.309 e. The van der Waals surface area contributed by atoms with Crippen molar-refractivity contribution in [1.82, 2.24) is 9.55 Å². The third-order valence-corrected chi connectivity index (χ3v) is 7.32. The molecule has 162 valence electrons. The van der Waals surface area contributed by atoms with E-state index in [9.17, 15) is 0 Å². The summed E-state index contributed by atoms with van der Waals surface area (Å²) in [5.74, 6) is 0. The van der Waals surface area contributed by atoms with E-state index in [2.05, 4.69) is 126 Å². The minimum Gasteiger partial charge on any atom is -0.309 e. The average Bonchev–Trinajstić information content (AvgIpc) is 3.43. The first kappa shape index (κ1) is 18.7. The zero-order chi connectivity index (χ0) is 22.9. The molecule has 0 unspecified atom stereocenters. The van der Waals surface area contributed by atoms with Gasteiger partial charge in [0.15, 0.2) is 0 Å². The van der Waals surface area contributed by atoms with Crippen LogP contribution < -0.4 is 0 Å². The van der Waals surface area contributed by atoms with Crippen LogP contribution in [0.4, 0.5) is 0 Å². The lowest BCUT2D eigenvalue weighted by molar-refractivity contribution is 1.18. The fourth-order valence-electron chi connectivity index (χ4n) is 5.83. The molecule has 0 atom stereocenters. The highest BCUT2D eigenvalue weighted by Crippen LogP contribution is 2.47. The number of aromatic nitrogens is 2. The Morgan fingerprint density at radius 3 is 1.89 bits per heavy atom. The van der Waals surface area contributed by atoms with Gasteiger partial charge in [-0.15, -0.1) is 0 Å². The van der Waals surface area contributed by atoms with Gasteiger partial charge in [0.05, 0.1) is 22.2 Å². The maximum absolute atomic E-state index is 5.13. The molecule has 5 aromatic carbocycles. The fraction of sp³-hybridized carbons (Fsp3) is 0. The Labute approximate surface area is 202 Å². The van der Waals surface area contributed by atoms with Crippen LogP contribution in [0.25, 0.3) is 71.9 Å². The van der Waals surface area contributed by atoms with Gasteiger partial charge >= 0.3 is 0 Å². The lowest BCUT2D eigenvalue weighted by Crippen LogP contribution is -1.95. The molecule has 0 N–H and O–H groups in total. The van der Waals surface area contributed by atoms with Crippen LogP contribution in [0, 0.1) is 0 Å². The van der Waals surface area contributed by atoms with Gasteiger partial charge in [-0.1, -0.05) is 84.9 Å². The molecule has 0 saturated carbocycles. The highest BCUT2D eigenvalue weighted by Gasteiger charge is 2.22. The summed E-state index contributed by atoms with van der Waals surface area (Å²) < 4.78 is 2.36. The van der Waals surface area contributed by atoms with E-state index < -0.39 is 0 Å². The van der Waals surface area contributed by atoms with E-state index >= 15 is 0 Å². The number of para-hydroxylation sites is 2. The standard InChI is InChI=1S/C33H20N2/c1-2-12-24-23(11-1)27-15-8-16-29-33(27)28(24)20-30(34-29)21-9-7-10-22(19-21)35-31-17-5-3-13-25(31)26-14-4-6-18-32(26)35/h1-20H. The van der Waals surface area contributed by atoms with Crippen molar-refractivity contribution in [3.05, 3.63) is 121 Å². The van der Waals surface area contributed by atoms with E-state index in [1.807, 2.05) is 0 Å². The molecule has 7 aromatic rings. The summed E-state index contributed by atoms with van der Waals surface area (Å²) >= 11 is 0. The van der Waals surface area contributed by atoms with Crippen LogP contribution in [0.2, 0.25) is 0 Å². The van der Waals surface area contributed by atoms with Crippen molar-refractivity contribution in [3.8, 4) is 39.2 Å². The van der Waals surface area contributed by atoms with E-state index in [0.29, 0.717) is 0 Å². The second-order valence-electron chi connectivity index (χ2n) is 9.22. The Morgan fingerprint density at radius 2 is 1.11 bits per heavy atom. The molecule has 0 amide bonds. The van der Waals surface area contributed by atoms with Gasteiger partial charge in [-0.05, 0) is 58.7 Å². The van der Waals surface area contributed by atoms with Crippen molar-refractivity contribution in [2.45, 2.75) is 0 Å². The lowest BCUT2D eigenvalue weighted by Gasteiger charge is -2.11. The van der Waals surface area contributed by atoms with E-state index in [-0.39, 0.29) is 0 Å². The predicted octanol–water partition coefficient (Wildman–Crippen LogP) is 8.65. The molecule has 0 radical (unpaired) electrons. The molecule has 0 fully saturated rings. The molecule has 2 aromatic heterocycles. The lowest BCUT2D eigenvalue weighted by atomic mass is 10.0. The van der Waals surface area contributed by atoms with Gasteiger partial charge in [-0.25, -0.2) is 4.98 Å². The third kappa shape index (κ3) is 2.57. The zero-order valence-electron chi connectivity index (χ0n) is 18.9. The molecule has 0 bridgehead atoms. The topological polar surface area (TPSA) is 17.8 Å². The van der Waals surface area contributed by atoms with Crippen LogP contribution in [0.1, 0.15) is 0 Å². The molecule has 35 heavy (non-hydrogen) atoms. The highest BCUT2D eigenvalue weighted by molar-refractivity contribution is 6.15. The van der Waals surface area contributed by atoms with Gasteiger partial charge in [-0.2, -0.15) is 0 Å². The zero-order valence-corrected chi connectivity index (χ0v) is 18.9. The fourth-order valence-corrected chi connectivity index (χ4v) is 5.83. The predicted molar refractivity (Wildman–Crippen MR) is 146 cm³/mol. The summed E-state index contributed by atoms with van der Waals surface area (Å²) in [7, 11) is 0. The molecule has 2 heterocycles. The van der Waals surface area contributed by atoms with Gasteiger partial charge in [0, 0.05) is 27.4 Å². The summed E-state index contributed by atoms with van der Waals surface area (Å²) in [6.45, 7) is 0. The number of nitrogens with zero attached hydrogens (tertiary/aromatic N) is 2. The minimum absolute atomic E-state index is 1.00. The van der Waals surface area contributed by atoms with Crippen molar-refractivity contribution < 1.29 is 0 Å². The van der Waals surface area contributed by atoms with Crippen molar-refractivity contribution in [3.63, 3.8) is 0 Å². The Bertz CT molecular complexity index is 1910. The second kappa shape index (κ2) is 6.91. The quantitative estimate of drug-likeness (QED) is 0.261. The van der Waals surface area contributed by atoms with E-state index in [1.165, 1.54) is 49.4 Å². The summed E-state index contributed by atoms with van der Waals surface area (Å²) in [5, 5.41) is 3.81. The van der Waals surface area contributed by atoms with Crippen molar-refractivity contribution in [2.75, 3.05) is 0 Å². The van der Waals surface area contributed by atoms with Crippen LogP contribution in [-0.4, -0.2) is 9.55 Å². The second-order valence-corrected chi connectivity index (χ2v) is 9.22. The molecule has 2 nitrogen and oxygen atoms in total. The highest BCUT2D eigenvalue weighted by atomic mass is 15.0. The number of hydrogen-bond acceptors (Lipinski definition) is 1. The van der Waals surface area contributed by atoms with Crippen molar-refractivity contribution in [1.29, 1.82) is 0 Å². The average molecular weight is 445 g/mol. The Kier molecular flexibility index (Phi) is 3.69. The summed E-state index contributed by atoms with van der Waals surface area (Å²) in [4.78, 5) is 5.13. The Morgan fingerprint density at radius 1 is 0.486 bits per heavy atom. The van der Waals surface area contributed by atoms with E-state index in [0.717, 1.165) is 22.5 Å². The van der Waals surface area contributed by atoms with Crippen LogP contribution in [-0.2, 0) is 0 Å². The molecule has 0 saturated heterocycles. The minimum atomic E-state index is 1.00. The monoisotopic (exact) mass is 444 g/mol. The van der Waals surface area contributed by atoms with E-state index in [1.54, 1.807) is 0 Å².